The van der Waals surface area contributed by atoms with E-state index in [1.54, 1.807) is 29.6 Å². The number of esters is 1. The Bertz CT molecular complexity index is 1040. The first-order valence-corrected chi connectivity index (χ1v) is 11.1. The van der Waals surface area contributed by atoms with Crippen molar-refractivity contribution in [2.45, 2.75) is 30.6 Å². The quantitative estimate of drug-likeness (QED) is 0.549. The number of ether oxygens (including phenoxy) is 1. The van der Waals surface area contributed by atoms with Gasteiger partial charge in [0.25, 0.3) is 10.0 Å². The highest BCUT2D eigenvalue weighted by molar-refractivity contribution is 7.94. The Labute approximate surface area is 169 Å². The molecule has 0 bridgehead atoms. The molecule has 0 fully saturated rings. The molecule has 0 aliphatic heterocycles. The van der Waals surface area contributed by atoms with E-state index in [9.17, 15) is 13.2 Å². The number of hydrogen-bond acceptors (Lipinski definition) is 5. The Hall–Kier alpha value is -2.64. The van der Waals surface area contributed by atoms with Crippen molar-refractivity contribution in [1.82, 2.24) is 0 Å². The van der Waals surface area contributed by atoms with Crippen molar-refractivity contribution in [3.05, 3.63) is 82.7 Å². The number of anilines is 1. The maximum absolute atomic E-state index is 12.5. The summed E-state index contributed by atoms with van der Waals surface area (Å²) in [6, 6.07) is 17.4. The van der Waals surface area contributed by atoms with E-state index < -0.39 is 16.0 Å². The van der Waals surface area contributed by atoms with Gasteiger partial charge in [-0.1, -0.05) is 56.3 Å². The summed E-state index contributed by atoms with van der Waals surface area (Å²) in [6.07, 6.45) is 0. The molecule has 0 spiro atoms. The van der Waals surface area contributed by atoms with Gasteiger partial charge in [0.2, 0.25) is 0 Å². The Morgan fingerprint density at radius 2 is 1.75 bits per heavy atom. The highest BCUT2D eigenvalue weighted by Gasteiger charge is 2.20. The first-order chi connectivity index (χ1) is 13.4. The fourth-order valence-electron chi connectivity index (χ4n) is 2.59. The number of thiophene rings is 1. The van der Waals surface area contributed by atoms with Crippen molar-refractivity contribution >= 4 is 33.0 Å². The molecule has 1 aromatic heterocycles. The van der Waals surface area contributed by atoms with Gasteiger partial charge < -0.3 is 4.74 Å². The van der Waals surface area contributed by atoms with Gasteiger partial charge in [-0.15, -0.1) is 11.3 Å². The second-order valence-corrected chi connectivity index (χ2v) is 9.41. The average molecular weight is 416 g/mol. The number of para-hydroxylation sites is 1. The summed E-state index contributed by atoms with van der Waals surface area (Å²) >= 11 is 1.11. The molecule has 3 aromatic rings. The van der Waals surface area contributed by atoms with Gasteiger partial charge in [-0.05, 0) is 40.6 Å². The van der Waals surface area contributed by atoms with Gasteiger partial charge in [-0.25, -0.2) is 13.2 Å². The van der Waals surface area contributed by atoms with Gasteiger partial charge >= 0.3 is 5.97 Å². The number of sulfonamides is 1. The molecule has 146 valence electrons. The van der Waals surface area contributed by atoms with Crippen LogP contribution in [0.2, 0.25) is 0 Å². The molecule has 7 heteroatoms. The lowest BCUT2D eigenvalue weighted by atomic mass is 10.0. The lowest BCUT2D eigenvalue weighted by Gasteiger charge is -2.12. The first kappa shape index (κ1) is 20.1. The van der Waals surface area contributed by atoms with Crippen LogP contribution in [-0.4, -0.2) is 14.4 Å². The number of benzene rings is 2. The zero-order valence-electron chi connectivity index (χ0n) is 15.6. The van der Waals surface area contributed by atoms with Gasteiger partial charge in [0.1, 0.15) is 10.8 Å². The topological polar surface area (TPSA) is 72.5 Å². The van der Waals surface area contributed by atoms with Crippen molar-refractivity contribution in [3.63, 3.8) is 0 Å². The molecule has 2 aromatic carbocycles. The summed E-state index contributed by atoms with van der Waals surface area (Å²) in [7, 11) is -3.75. The van der Waals surface area contributed by atoms with E-state index in [-0.39, 0.29) is 22.1 Å². The van der Waals surface area contributed by atoms with E-state index >= 15 is 0 Å². The molecule has 0 aliphatic carbocycles. The number of carbonyl (C=O) groups is 1. The minimum Gasteiger partial charge on any atom is -0.457 e. The highest BCUT2D eigenvalue weighted by atomic mass is 32.2. The number of rotatable bonds is 7. The van der Waals surface area contributed by atoms with Crippen molar-refractivity contribution in [2.24, 2.45) is 0 Å². The Morgan fingerprint density at radius 1 is 1.04 bits per heavy atom. The summed E-state index contributed by atoms with van der Waals surface area (Å²) in [5.41, 5.74) is 2.44. The summed E-state index contributed by atoms with van der Waals surface area (Å²) in [5.74, 6) is -0.155. The molecular weight excluding hydrogens is 394 g/mol. The van der Waals surface area contributed by atoms with Crippen LogP contribution in [-0.2, 0) is 21.4 Å². The smallest absolute Gasteiger partial charge is 0.340 e. The number of carbonyl (C=O) groups excluding carboxylic acids is 1. The number of hydrogen-bond donors (Lipinski definition) is 1. The van der Waals surface area contributed by atoms with E-state index in [1.165, 1.54) is 17.7 Å². The lowest BCUT2D eigenvalue weighted by molar-refractivity contribution is 0.0474. The Balaban J connectivity index is 1.72. The van der Waals surface area contributed by atoms with Crippen molar-refractivity contribution in [1.29, 1.82) is 0 Å². The summed E-state index contributed by atoms with van der Waals surface area (Å²) in [5, 5.41) is 1.68. The third-order valence-electron chi connectivity index (χ3n) is 4.17. The first-order valence-electron chi connectivity index (χ1n) is 8.78. The van der Waals surface area contributed by atoms with E-state index in [4.69, 9.17) is 4.74 Å². The van der Waals surface area contributed by atoms with Crippen LogP contribution in [0.25, 0.3) is 0 Å². The molecule has 0 unspecified atom stereocenters. The van der Waals surface area contributed by atoms with E-state index in [2.05, 4.69) is 18.6 Å². The molecule has 1 heterocycles. The van der Waals surface area contributed by atoms with Crippen molar-refractivity contribution in [3.8, 4) is 0 Å². The second-order valence-electron chi connectivity index (χ2n) is 6.56. The van der Waals surface area contributed by atoms with Crippen LogP contribution in [0.3, 0.4) is 0 Å². The normalized spacial score (nSPS) is 11.4. The molecule has 0 amide bonds. The molecular formula is C21H21NO4S2. The second kappa shape index (κ2) is 8.58. The summed E-state index contributed by atoms with van der Waals surface area (Å²) in [6.45, 7) is 4.34. The van der Waals surface area contributed by atoms with E-state index in [1.807, 2.05) is 24.3 Å². The predicted molar refractivity (Wildman–Crippen MR) is 111 cm³/mol. The van der Waals surface area contributed by atoms with Crippen LogP contribution >= 0.6 is 11.3 Å². The van der Waals surface area contributed by atoms with Gasteiger partial charge in [0, 0.05) is 0 Å². The third kappa shape index (κ3) is 4.79. The molecule has 1 N–H and O–H groups in total. The lowest BCUT2D eigenvalue weighted by Crippen LogP contribution is -2.15. The monoisotopic (exact) mass is 415 g/mol. The van der Waals surface area contributed by atoms with Crippen LogP contribution < -0.4 is 4.72 Å². The molecule has 0 atom stereocenters. The SMILES string of the molecule is CC(C)c1ccc(COC(=O)c2ccccc2NS(=O)(=O)c2cccs2)cc1. The molecule has 3 rings (SSSR count). The zero-order valence-corrected chi connectivity index (χ0v) is 17.2. The minimum absolute atomic E-state index is 0.114. The fourth-order valence-corrected chi connectivity index (χ4v) is 4.66. The van der Waals surface area contributed by atoms with Gasteiger partial charge in [0.05, 0.1) is 11.3 Å². The largest absolute Gasteiger partial charge is 0.457 e. The van der Waals surface area contributed by atoms with Crippen LogP contribution in [0.15, 0.2) is 70.3 Å². The molecule has 0 saturated carbocycles. The molecule has 0 aliphatic rings. The molecule has 0 saturated heterocycles. The minimum atomic E-state index is -3.75. The number of nitrogens with one attached hydrogen (secondary N) is 1. The molecule has 5 nitrogen and oxygen atoms in total. The summed E-state index contributed by atoms with van der Waals surface area (Å²) in [4.78, 5) is 12.5. The van der Waals surface area contributed by atoms with Crippen LogP contribution in [0.4, 0.5) is 5.69 Å². The maximum atomic E-state index is 12.5. The van der Waals surface area contributed by atoms with Gasteiger partial charge in [-0.2, -0.15) is 0 Å². The van der Waals surface area contributed by atoms with Crippen LogP contribution in [0.5, 0.6) is 0 Å². The average Bonchev–Trinajstić information content (AvgIpc) is 3.22. The Kier molecular flexibility index (Phi) is 6.16. The molecule has 28 heavy (non-hydrogen) atoms. The Morgan fingerprint density at radius 3 is 2.39 bits per heavy atom. The van der Waals surface area contributed by atoms with Crippen molar-refractivity contribution < 1.29 is 17.9 Å². The zero-order chi connectivity index (χ0) is 20.1. The molecule has 0 radical (unpaired) electrons. The highest BCUT2D eigenvalue weighted by Crippen LogP contribution is 2.24. The van der Waals surface area contributed by atoms with Crippen LogP contribution in [0, 0.1) is 0 Å². The summed E-state index contributed by atoms with van der Waals surface area (Å²) < 4.78 is 32.9. The predicted octanol–water partition coefficient (Wildman–Crippen LogP) is 5.03. The van der Waals surface area contributed by atoms with E-state index in [0.717, 1.165) is 16.9 Å². The fraction of sp³-hybridized carbons (Fsp3) is 0.190. The van der Waals surface area contributed by atoms with Crippen molar-refractivity contribution in [2.75, 3.05) is 4.72 Å². The standard InChI is InChI=1S/C21H21NO4S2/c1-15(2)17-11-9-16(10-12-17)14-26-21(23)18-6-3-4-7-19(18)22-28(24,25)20-8-5-13-27-20/h3-13,15,22H,14H2,1-2H3. The third-order valence-corrected chi connectivity index (χ3v) is 6.93. The van der Waals surface area contributed by atoms with Gasteiger partial charge in [0.15, 0.2) is 0 Å². The van der Waals surface area contributed by atoms with E-state index in [0.29, 0.717) is 5.92 Å². The van der Waals surface area contributed by atoms with Gasteiger partial charge in [-0.3, -0.25) is 4.72 Å². The maximum Gasteiger partial charge on any atom is 0.340 e. The van der Waals surface area contributed by atoms with Crippen LogP contribution in [0.1, 0.15) is 41.3 Å².